The van der Waals surface area contributed by atoms with Crippen molar-refractivity contribution in [1.82, 2.24) is 33.8 Å². The van der Waals surface area contributed by atoms with E-state index in [1.807, 2.05) is 30.3 Å². The maximum absolute atomic E-state index is 14.0. The SMILES string of the molecule is CN1CCN(C(C)(C)C=C(C#N)C(=O)N2CCC(n3c(=O)n(-c4ccc(Oc5ccccc5)cc4)c4c(N)ncnc43)CC2)CC1. The monoisotopic (exact) mass is 621 g/mol. The zero-order chi connectivity index (χ0) is 32.4. The van der Waals surface area contributed by atoms with Crippen LogP contribution in [0.4, 0.5) is 5.82 Å². The first kappa shape index (κ1) is 31.0. The third kappa shape index (κ3) is 6.11. The highest BCUT2D eigenvalue weighted by atomic mass is 16.5. The van der Waals surface area contributed by atoms with Crippen molar-refractivity contribution in [2.75, 3.05) is 52.0 Å². The van der Waals surface area contributed by atoms with Gasteiger partial charge in [0.15, 0.2) is 11.5 Å². The molecule has 4 aromatic rings. The minimum atomic E-state index is -0.430. The van der Waals surface area contributed by atoms with Crippen LogP contribution in [-0.4, -0.2) is 91.6 Å². The summed E-state index contributed by atoms with van der Waals surface area (Å²) in [5.74, 6) is 1.26. The average molecular weight is 622 g/mol. The summed E-state index contributed by atoms with van der Waals surface area (Å²) in [5, 5.41) is 9.97. The number of nitrogen functional groups attached to an aromatic ring is 1. The number of rotatable bonds is 7. The zero-order valence-electron chi connectivity index (χ0n) is 26.5. The quantitative estimate of drug-likeness (QED) is 0.242. The molecule has 0 bridgehead atoms. The molecule has 0 radical (unpaired) electrons. The topological polar surface area (TPSA) is 139 Å². The molecule has 238 valence electrons. The van der Waals surface area contributed by atoms with E-state index in [0.29, 0.717) is 54.3 Å². The highest BCUT2D eigenvalue weighted by Crippen LogP contribution is 2.30. The number of para-hydroxylation sites is 1. The second-order valence-corrected chi connectivity index (χ2v) is 12.5. The second-order valence-electron chi connectivity index (χ2n) is 12.5. The fourth-order valence-electron chi connectivity index (χ4n) is 6.39. The van der Waals surface area contributed by atoms with Crippen LogP contribution in [0.1, 0.15) is 32.7 Å². The number of hydrogen-bond acceptors (Lipinski definition) is 9. The number of carbonyl (C=O) groups excluding carboxylic acids is 1. The second kappa shape index (κ2) is 12.8. The summed E-state index contributed by atoms with van der Waals surface area (Å²) in [6, 6.07) is 18.6. The third-order valence-corrected chi connectivity index (χ3v) is 9.04. The molecule has 4 heterocycles. The van der Waals surface area contributed by atoms with Gasteiger partial charge in [-0.3, -0.25) is 18.8 Å². The molecule has 2 aromatic carbocycles. The minimum absolute atomic E-state index is 0.149. The normalized spacial score (nSPS) is 17.3. The first-order valence-electron chi connectivity index (χ1n) is 15.6. The van der Waals surface area contributed by atoms with E-state index >= 15 is 0 Å². The van der Waals surface area contributed by atoms with E-state index in [4.69, 9.17) is 10.5 Å². The highest BCUT2D eigenvalue weighted by Gasteiger charge is 2.33. The minimum Gasteiger partial charge on any atom is -0.457 e. The van der Waals surface area contributed by atoms with E-state index in [1.54, 1.807) is 39.8 Å². The van der Waals surface area contributed by atoms with Gasteiger partial charge in [-0.05, 0) is 76.2 Å². The van der Waals surface area contributed by atoms with E-state index in [9.17, 15) is 14.9 Å². The Labute approximate surface area is 267 Å². The standard InChI is InChI=1S/C34H39N9O3/c1-34(2,41-19-17-39(3)18-20-41)21-24(22-35)32(44)40-15-13-26(14-16-40)43-31-29(30(36)37-23-38-31)42(33(43)45)25-9-11-28(12-10-25)46-27-7-5-4-6-8-27/h4-12,21,23,26H,13-20H2,1-3H3,(H2,36,37,38). The van der Waals surface area contributed by atoms with Gasteiger partial charge < -0.3 is 20.3 Å². The van der Waals surface area contributed by atoms with Crippen molar-refractivity contribution in [3.05, 3.63) is 83.1 Å². The largest absolute Gasteiger partial charge is 0.457 e. The average Bonchev–Trinajstić information content (AvgIpc) is 3.37. The number of piperidine rings is 1. The molecule has 0 saturated carbocycles. The van der Waals surface area contributed by atoms with Crippen LogP contribution in [0.15, 0.2) is 77.4 Å². The van der Waals surface area contributed by atoms with Crippen molar-refractivity contribution in [3.8, 4) is 23.3 Å². The van der Waals surface area contributed by atoms with E-state index < -0.39 is 5.54 Å². The molecule has 2 saturated heterocycles. The number of imidazole rings is 1. The Morgan fingerprint density at radius 3 is 2.28 bits per heavy atom. The number of hydrogen-bond donors (Lipinski definition) is 1. The van der Waals surface area contributed by atoms with Crippen LogP contribution in [0.2, 0.25) is 0 Å². The Hall–Kier alpha value is -4.99. The number of nitriles is 1. The summed E-state index contributed by atoms with van der Waals surface area (Å²) >= 11 is 0. The van der Waals surface area contributed by atoms with Crippen molar-refractivity contribution in [2.45, 2.75) is 38.3 Å². The van der Waals surface area contributed by atoms with Crippen molar-refractivity contribution >= 4 is 22.9 Å². The molecular formula is C34H39N9O3. The van der Waals surface area contributed by atoms with Gasteiger partial charge in [0.05, 0.1) is 5.69 Å². The summed E-state index contributed by atoms with van der Waals surface area (Å²) in [6.45, 7) is 8.55. The van der Waals surface area contributed by atoms with Crippen LogP contribution >= 0.6 is 0 Å². The number of amides is 1. The van der Waals surface area contributed by atoms with Crippen LogP contribution in [-0.2, 0) is 4.79 Å². The van der Waals surface area contributed by atoms with Gasteiger partial charge >= 0.3 is 5.69 Å². The summed E-state index contributed by atoms with van der Waals surface area (Å²) in [6.07, 6.45) is 4.22. The Morgan fingerprint density at radius 2 is 1.63 bits per heavy atom. The Bertz CT molecular complexity index is 1840. The number of anilines is 1. The summed E-state index contributed by atoms with van der Waals surface area (Å²) in [7, 11) is 2.10. The Balaban J connectivity index is 1.22. The molecule has 0 unspecified atom stereocenters. The number of carbonyl (C=O) groups is 1. The molecule has 0 aliphatic carbocycles. The lowest BCUT2D eigenvalue weighted by atomic mass is 9.96. The van der Waals surface area contributed by atoms with Crippen LogP contribution in [0.5, 0.6) is 11.5 Å². The zero-order valence-corrected chi connectivity index (χ0v) is 26.5. The van der Waals surface area contributed by atoms with Gasteiger partial charge in [0.2, 0.25) is 0 Å². The Kier molecular flexibility index (Phi) is 8.62. The number of likely N-dealkylation sites (tertiary alicyclic amines) is 1. The molecule has 6 rings (SSSR count). The molecule has 0 spiro atoms. The number of ether oxygens (including phenoxy) is 1. The lowest BCUT2D eigenvalue weighted by Crippen LogP contribution is -2.53. The van der Waals surface area contributed by atoms with Crippen LogP contribution in [0, 0.1) is 11.3 Å². The van der Waals surface area contributed by atoms with Gasteiger partial charge in [-0.25, -0.2) is 14.8 Å². The first-order chi connectivity index (χ1) is 22.2. The van der Waals surface area contributed by atoms with E-state index in [1.165, 1.54) is 10.9 Å². The van der Waals surface area contributed by atoms with Crippen LogP contribution in [0.3, 0.4) is 0 Å². The van der Waals surface area contributed by atoms with E-state index in [0.717, 1.165) is 26.2 Å². The molecule has 12 nitrogen and oxygen atoms in total. The van der Waals surface area contributed by atoms with Gasteiger partial charge in [-0.15, -0.1) is 0 Å². The van der Waals surface area contributed by atoms with Gasteiger partial charge in [0, 0.05) is 50.8 Å². The van der Waals surface area contributed by atoms with Gasteiger partial charge in [0.1, 0.15) is 35.0 Å². The lowest BCUT2D eigenvalue weighted by Gasteiger charge is -2.42. The molecule has 2 N–H and O–H groups in total. The smallest absolute Gasteiger partial charge is 0.335 e. The molecule has 2 fully saturated rings. The Morgan fingerprint density at radius 1 is 0.978 bits per heavy atom. The van der Waals surface area contributed by atoms with Crippen LogP contribution in [0.25, 0.3) is 16.9 Å². The molecule has 1 amide bonds. The van der Waals surface area contributed by atoms with Crippen molar-refractivity contribution in [1.29, 1.82) is 5.26 Å². The maximum atomic E-state index is 14.0. The number of likely N-dealkylation sites (N-methyl/N-ethyl adjacent to an activating group) is 1. The fraction of sp³-hybridized carbons (Fsp3) is 0.382. The summed E-state index contributed by atoms with van der Waals surface area (Å²) < 4.78 is 9.13. The fourth-order valence-corrected chi connectivity index (χ4v) is 6.39. The molecule has 46 heavy (non-hydrogen) atoms. The first-order valence-corrected chi connectivity index (χ1v) is 15.6. The third-order valence-electron chi connectivity index (χ3n) is 9.04. The number of nitrogens with two attached hydrogens (primary N) is 1. The lowest BCUT2D eigenvalue weighted by molar-refractivity contribution is -0.128. The molecule has 12 heteroatoms. The predicted octanol–water partition coefficient (Wildman–Crippen LogP) is 3.60. The summed E-state index contributed by atoms with van der Waals surface area (Å²) in [4.78, 5) is 42.5. The van der Waals surface area contributed by atoms with Gasteiger partial charge in [-0.1, -0.05) is 18.2 Å². The molecular weight excluding hydrogens is 582 g/mol. The van der Waals surface area contributed by atoms with Crippen molar-refractivity contribution in [2.24, 2.45) is 0 Å². The van der Waals surface area contributed by atoms with E-state index in [-0.39, 0.29) is 29.0 Å². The molecule has 2 aliphatic rings. The van der Waals surface area contributed by atoms with Gasteiger partial charge in [-0.2, -0.15) is 5.26 Å². The number of benzene rings is 2. The molecule has 0 atom stereocenters. The predicted molar refractivity (Wildman–Crippen MR) is 176 cm³/mol. The number of fused-ring (bicyclic) bond motifs is 1. The number of aromatic nitrogens is 4. The number of piperazine rings is 1. The molecule has 2 aliphatic heterocycles. The van der Waals surface area contributed by atoms with Crippen molar-refractivity contribution in [3.63, 3.8) is 0 Å². The van der Waals surface area contributed by atoms with Crippen molar-refractivity contribution < 1.29 is 9.53 Å². The van der Waals surface area contributed by atoms with Gasteiger partial charge in [0.25, 0.3) is 5.91 Å². The number of nitrogens with zero attached hydrogens (tertiary/aromatic N) is 8. The maximum Gasteiger partial charge on any atom is 0.335 e. The highest BCUT2D eigenvalue weighted by molar-refractivity contribution is 5.97. The molecule has 2 aromatic heterocycles. The van der Waals surface area contributed by atoms with Crippen LogP contribution < -0.4 is 16.2 Å². The summed E-state index contributed by atoms with van der Waals surface area (Å²) in [5.41, 5.74) is 7.24. The van der Waals surface area contributed by atoms with E-state index in [2.05, 4.69) is 46.7 Å².